The maximum atomic E-state index is 13.0. The number of fused-ring (bicyclic) bond motifs is 1. The molecule has 2 amide bonds. The van der Waals surface area contributed by atoms with Crippen LogP contribution in [0, 0.1) is 5.92 Å². The van der Waals surface area contributed by atoms with E-state index in [1.807, 2.05) is 0 Å². The van der Waals surface area contributed by atoms with Gasteiger partial charge in [-0.05, 0) is 65.4 Å². The highest BCUT2D eigenvalue weighted by atomic mass is 32.1. The number of thiophene rings is 1. The van der Waals surface area contributed by atoms with Crippen LogP contribution in [-0.4, -0.2) is 28.2 Å². The summed E-state index contributed by atoms with van der Waals surface area (Å²) in [5.41, 5.74) is 7.10. The molecule has 0 radical (unpaired) electrons. The zero-order valence-electron chi connectivity index (χ0n) is 15.6. The second-order valence-electron chi connectivity index (χ2n) is 7.30. The van der Waals surface area contributed by atoms with E-state index in [0.717, 1.165) is 18.4 Å². The molecule has 1 aromatic carbocycles. The number of nitrogens with zero attached hydrogens (tertiary/aromatic N) is 2. The van der Waals surface area contributed by atoms with Crippen LogP contribution >= 0.6 is 11.3 Å². The summed E-state index contributed by atoms with van der Waals surface area (Å²) in [6.07, 6.45) is 3.32. The van der Waals surface area contributed by atoms with Gasteiger partial charge in [0.1, 0.15) is 5.82 Å². The number of nitrogens with two attached hydrogens (primary N) is 1. The second-order valence-corrected chi connectivity index (χ2v) is 8.25. The minimum absolute atomic E-state index is 0.0942. The molecule has 4 rings (SSSR count). The van der Waals surface area contributed by atoms with Crippen LogP contribution < -0.4 is 11.1 Å². The van der Waals surface area contributed by atoms with E-state index < -0.39 is 11.8 Å². The van der Waals surface area contributed by atoms with Crippen molar-refractivity contribution in [3.8, 4) is 0 Å². The molecule has 1 saturated heterocycles. The molecular weight excluding hydrogens is 372 g/mol. The lowest BCUT2D eigenvalue weighted by Crippen LogP contribution is -2.46. The first-order valence-corrected chi connectivity index (χ1v) is 10.2. The number of nitrogen functional groups attached to an aromatic ring is 1. The van der Waals surface area contributed by atoms with Gasteiger partial charge in [-0.3, -0.25) is 9.59 Å². The third-order valence-electron chi connectivity index (χ3n) is 5.18. The van der Waals surface area contributed by atoms with E-state index in [4.69, 9.17) is 5.73 Å². The molecule has 144 valence electrons. The minimum Gasteiger partial charge on any atom is -0.384 e. The summed E-state index contributed by atoms with van der Waals surface area (Å²) in [5.74, 6) is -0.449. The van der Waals surface area contributed by atoms with Crippen molar-refractivity contribution in [1.82, 2.24) is 9.88 Å². The molecular formula is C21H22N4O2S. The maximum absolute atomic E-state index is 13.0. The SMILES string of the molecule is C[C@@H]1CC[C@@H](c2ccc3sccc3c2)N(C(=O)C(=O)Nc2ccc(N)nc2)C1. The second kappa shape index (κ2) is 7.59. The van der Waals surface area contributed by atoms with E-state index in [-0.39, 0.29) is 6.04 Å². The van der Waals surface area contributed by atoms with Gasteiger partial charge in [-0.25, -0.2) is 4.98 Å². The molecule has 3 heterocycles. The van der Waals surface area contributed by atoms with Gasteiger partial charge in [0.05, 0.1) is 17.9 Å². The Morgan fingerprint density at radius 3 is 2.86 bits per heavy atom. The number of anilines is 2. The first-order valence-electron chi connectivity index (χ1n) is 9.32. The maximum Gasteiger partial charge on any atom is 0.313 e. The lowest BCUT2D eigenvalue weighted by molar-refractivity contribution is -0.146. The van der Waals surface area contributed by atoms with Crippen LogP contribution in [0.4, 0.5) is 11.5 Å². The molecule has 1 fully saturated rings. The molecule has 0 aliphatic carbocycles. The van der Waals surface area contributed by atoms with Gasteiger partial charge in [0, 0.05) is 11.2 Å². The van der Waals surface area contributed by atoms with Crippen molar-refractivity contribution in [1.29, 1.82) is 0 Å². The highest BCUT2D eigenvalue weighted by molar-refractivity contribution is 7.17. The van der Waals surface area contributed by atoms with Crippen molar-refractivity contribution in [3.05, 3.63) is 53.5 Å². The summed E-state index contributed by atoms with van der Waals surface area (Å²) >= 11 is 1.70. The topological polar surface area (TPSA) is 88.3 Å². The van der Waals surface area contributed by atoms with Crippen LogP contribution in [0.1, 0.15) is 31.4 Å². The summed E-state index contributed by atoms with van der Waals surface area (Å²) in [6.45, 7) is 2.68. The summed E-state index contributed by atoms with van der Waals surface area (Å²) in [7, 11) is 0. The molecule has 2 aromatic heterocycles. The molecule has 0 spiro atoms. The number of aromatic nitrogens is 1. The average molecular weight is 395 g/mol. The third kappa shape index (κ3) is 3.71. The van der Waals surface area contributed by atoms with Gasteiger partial charge < -0.3 is 16.0 Å². The van der Waals surface area contributed by atoms with Gasteiger partial charge in [0.25, 0.3) is 0 Å². The Morgan fingerprint density at radius 1 is 1.21 bits per heavy atom. The number of carbonyl (C=O) groups excluding carboxylic acids is 2. The lowest BCUT2D eigenvalue weighted by Gasteiger charge is -2.38. The van der Waals surface area contributed by atoms with E-state index in [0.29, 0.717) is 24.0 Å². The van der Waals surface area contributed by atoms with Crippen LogP contribution in [0.3, 0.4) is 0 Å². The number of piperidine rings is 1. The molecule has 3 aromatic rings. The van der Waals surface area contributed by atoms with Gasteiger partial charge in [-0.2, -0.15) is 0 Å². The van der Waals surface area contributed by atoms with Crippen molar-refractivity contribution in [2.45, 2.75) is 25.8 Å². The molecule has 0 saturated carbocycles. The number of hydrogen-bond donors (Lipinski definition) is 2. The fraction of sp³-hybridized carbons (Fsp3) is 0.286. The Bertz CT molecular complexity index is 1010. The number of hydrogen-bond acceptors (Lipinski definition) is 5. The Hall–Kier alpha value is -2.93. The quantitative estimate of drug-likeness (QED) is 0.647. The van der Waals surface area contributed by atoms with E-state index in [1.165, 1.54) is 16.3 Å². The van der Waals surface area contributed by atoms with Crippen LogP contribution in [-0.2, 0) is 9.59 Å². The summed E-state index contributed by atoms with van der Waals surface area (Å²) in [5, 5.41) is 5.87. The van der Waals surface area contributed by atoms with Gasteiger partial charge in [0.15, 0.2) is 0 Å². The molecule has 2 atom stereocenters. The van der Waals surface area contributed by atoms with E-state index in [2.05, 4.69) is 46.9 Å². The van der Waals surface area contributed by atoms with Crippen LogP contribution in [0.25, 0.3) is 10.1 Å². The van der Waals surface area contributed by atoms with Crippen LogP contribution in [0.2, 0.25) is 0 Å². The number of amides is 2. The Kier molecular flexibility index (Phi) is 5.00. The fourth-order valence-electron chi connectivity index (χ4n) is 3.71. The predicted octanol–water partition coefficient (Wildman–Crippen LogP) is 3.82. The lowest BCUT2D eigenvalue weighted by atomic mass is 9.89. The fourth-order valence-corrected chi connectivity index (χ4v) is 4.48. The molecule has 0 bridgehead atoms. The Balaban J connectivity index is 1.57. The highest BCUT2D eigenvalue weighted by Crippen LogP contribution is 2.35. The average Bonchev–Trinajstić information content (AvgIpc) is 3.17. The number of benzene rings is 1. The summed E-state index contributed by atoms with van der Waals surface area (Å²) < 4.78 is 1.22. The Labute approximate surface area is 167 Å². The van der Waals surface area contributed by atoms with Gasteiger partial charge in [0.2, 0.25) is 0 Å². The zero-order valence-corrected chi connectivity index (χ0v) is 16.4. The van der Waals surface area contributed by atoms with Crippen LogP contribution in [0.15, 0.2) is 48.0 Å². The number of rotatable bonds is 2. The van der Waals surface area contributed by atoms with Gasteiger partial charge in [-0.1, -0.05) is 13.0 Å². The molecule has 1 aliphatic heterocycles. The van der Waals surface area contributed by atoms with Gasteiger partial charge >= 0.3 is 11.8 Å². The van der Waals surface area contributed by atoms with E-state index in [1.54, 1.807) is 28.4 Å². The first-order chi connectivity index (χ1) is 13.5. The normalized spacial score (nSPS) is 19.5. The van der Waals surface area contributed by atoms with Crippen molar-refractivity contribution in [3.63, 3.8) is 0 Å². The van der Waals surface area contributed by atoms with Crippen molar-refractivity contribution in [2.75, 3.05) is 17.6 Å². The van der Waals surface area contributed by atoms with Gasteiger partial charge in [-0.15, -0.1) is 11.3 Å². The van der Waals surface area contributed by atoms with Crippen molar-refractivity contribution >= 4 is 44.7 Å². The van der Waals surface area contributed by atoms with Crippen molar-refractivity contribution in [2.24, 2.45) is 5.92 Å². The number of pyridine rings is 1. The standard InChI is InChI=1S/C21H22N4O2S/c1-13-2-5-17(14-3-6-18-15(10-14)8-9-28-18)25(12-13)21(27)20(26)24-16-4-7-19(22)23-11-16/h3-4,6-11,13,17H,2,5,12H2,1H3,(H2,22,23)(H,24,26)/t13-,17+/m1/s1. The first kappa shape index (κ1) is 18.4. The number of nitrogens with one attached hydrogen (secondary N) is 1. The molecule has 7 heteroatoms. The molecule has 6 nitrogen and oxygen atoms in total. The molecule has 28 heavy (non-hydrogen) atoms. The zero-order chi connectivity index (χ0) is 19.7. The van der Waals surface area contributed by atoms with Crippen molar-refractivity contribution < 1.29 is 9.59 Å². The third-order valence-corrected chi connectivity index (χ3v) is 6.08. The van der Waals surface area contributed by atoms with Crippen LogP contribution in [0.5, 0.6) is 0 Å². The predicted molar refractivity (Wildman–Crippen MR) is 112 cm³/mol. The number of likely N-dealkylation sites (tertiary alicyclic amines) is 1. The monoisotopic (exact) mass is 394 g/mol. The largest absolute Gasteiger partial charge is 0.384 e. The summed E-state index contributed by atoms with van der Waals surface area (Å²) in [6, 6.07) is 11.5. The molecule has 0 unspecified atom stereocenters. The Morgan fingerprint density at radius 2 is 2.07 bits per heavy atom. The smallest absolute Gasteiger partial charge is 0.313 e. The van der Waals surface area contributed by atoms with E-state index in [9.17, 15) is 9.59 Å². The highest BCUT2D eigenvalue weighted by Gasteiger charge is 2.34. The number of carbonyl (C=O) groups is 2. The summed E-state index contributed by atoms with van der Waals surface area (Å²) in [4.78, 5) is 31.2. The van der Waals surface area contributed by atoms with E-state index >= 15 is 0 Å². The molecule has 1 aliphatic rings. The molecule has 3 N–H and O–H groups in total. The minimum atomic E-state index is -0.651.